The Morgan fingerprint density at radius 3 is 2.56 bits per heavy atom. The quantitative estimate of drug-likeness (QED) is 0.253. The molecule has 3 aromatic rings. The average molecular weight is 503 g/mol. The smallest absolute Gasteiger partial charge is 0.248 e. The molecule has 2 aromatic carbocycles. The zero-order chi connectivity index (χ0) is 24.9. The molecular weight excluding hydrogens is 468 g/mol. The molecule has 7 heteroatoms. The molecule has 0 atom stereocenters. The van der Waals surface area contributed by atoms with Crippen LogP contribution in [-0.2, 0) is 4.79 Å². The van der Waals surface area contributed by atoms with E-state index in [1.165, 1.54) is 44.3 Å². The number of anilines is 2. The maximum atomic E-state index is 12.5. The van der Waals surface area contributed by atoms with Crippen molar-refractivity contribution in [1.82, 2.24) is 9.88 Å². The summed E-state index contributed by atoms with van der Waals surface area (Å²) in [4.78, 5) is 22.6. The highest BCUT2D eigenvalue weighted by molar-refractivity contribution is 7.80. The molecule has 1 amide bonds. The molecule has 0 aliphatic carbocycles. The predicted molar refractivity (Wildman–Crippen MR) is 151 cm³/mol. The summed E-state index contributed by atoms with van der Waals surface area (Å²) in [6.07, 6.45) is 8.46. The minimum absolute atomic E-state index is 0.173. The van der Waals surface area contributed by atoms with Gasteiger partial charge in [-0.25, -0.2) is 4.98 Å². The van der Waals surface area contributed by atoms with Crippen LogP contribution in [0.3, 0.4) is 0 Å². The number of nitrogens with one attached hydrogen (secondary N) is 1. The van der Waals surface area contributed by atoms with E-state index in [1.807, 2.05) is 42.5 Å². The summed E-state index contributed by atoms with van der Waals surface area (Å²) in [5.74, 6) is 1.97. The van der Waals surface area contributed by atoms with Gasteiger partial charge < -0.3 is 19.9 Å². The molecule has 0 saturated carbocycles. The number of carbonyl (C=O) groups is 1. The second-order valence-corrected chi connectivity index (χ2v) is 9.91. The van der Waals surface area contributed by atoms with Crippen LogP contribution < -0.4 is 15.0 Å². The SMILES string of the molecule is Cc1cc(N2CCC(N3CCCC3)CC2)nc2ccc(NC(=O)C=Cc3ccc(OCS)cc3)cc12. The number of ether oxygens (including phenoxy) is 1. The van der Waals surface area contributed by atoms with E-state index >= 15 is 0 Å². The molecule has 0 bridgehead atoms. The van der Waals surface area contributed by atoms with Gasteiger partial charge in [-0.2, -0.15) is 0 Å². The molecule has 2 aliphatic heterocycles. The summed E-state index contributed by atoms with van der Waals surface area (Å²) in [5, 5.41) is 4.03. The number of aryl methyl sites for hydroxylation is 1. The van der Waals surface area contributed by atoms with E-state index in [0.717, 1.165) is 52.9 Å². The molecule has 0 unspecified atom stereocenters. The Hall–Kier alpha value is -3.03. The fourth-order valence-electron chi connectivity index (χ4n) is 5.29. The second kappa shape index (κ2) is 11.4. The molecule has 2 saturated heterocycles. The summed E-state index contributed by atoms with van der Waals surface area (Å²) in [6.45, 7) is 6.78. The van der Waals surface area contributed by atoms with E-state index in [1.54, 1.807) is 12.2 Å². The lowest BCUT2D eigenvalue weighted by atomic mass is 10.0. The summed E-state index contributed by atoms with van der Waals surface area (Å²) in [6, 6.07) is 16.4. The van der Waals surface area contributed by atoms with Gasteiger partial charge in [-0.05, 0) is 99.3 Å². The lowest BCUT2D eigenvalue weighted by Gasteiger charge is -2.37. The first kappa shape index (κ1) is 24.7. The van der Waals surface area contributed by atoms with Crippen LogP contribution in [0, 0.1) is 6.92 Å². The van der Waals surface area contributed by atoms with Crippen molar-refractivity contribution in [2.45, 2.75) is 38.6 Å². The van der Waals surface area contributed by atoms with E-state index in [0.29, 0.717) is 5.94 Å². The van der Waals surface area contributed by atoms with Crippen LogP contribution in [0.25, 0.3) is 17.0 Å². The molecule has 1 aromatic heterocycles. The first-order valence-corrected chi connectivity index (χ1v) is 13.5. The maximum absolute atomic E-state index is 12.5. The molecule has 2 fully saturated rings. The van der Waals surface area contributed by atoms with Crippen molar-refractivity contribution in [2.75, 3.05) is 42.3 Å². The van der Waals surface area contributed by atoms with Crippen LogP contribution in [0.15, 0.2) is 54.6 Å². The van der Waals surface area contributed by atoms with Crippen molar-refractivity contribution >= 4 is 47.0 Å². The summed E-state index contributed by atoms with van der Waals surface area (Å²) >= 11 is 4.05. The number of aromatic nitrogens is 1. The number of piperidine rings is 1. The van der Waals surface area contributed by atoms with E-state index in [9.17, 15) is 4.79 Å². The number of thiol groups is 1. The van der Waals surface area contributed by atoms with Gasteiger partial charge in [0.25, 0.3) is 0 Å². The zero-order valence-corrected chi connectivity index (χ0v) is 21.7. The Morgan fingerprint density at radius 2 is 1.83 bits per heavy atom. The number of amides is 1. The number of nitrogens with zero attached hydrogens (tertiary/aromatic N) is 3. The molecule has 2 aliphatic rings. The van der Waals surface area contributed by atoms with Crippen molar-refractivity contribution in [3.8, 4) is 5.75 Å². The molecule has 36 heavy (non-hydrogen) atoms. The van der Waals surface area contributed by atoms with E-state index < -0.39 is 0 Å². The van der Waals surface area contributed by atoms with Gasteiger partial charge in [-0.3, -0.25) is 4.79 Å². The van der Waals surface area contributed by atoms with Crippen molar-refractivity contribution in [2.24, 2.45) is 0 Å². The predicted octanol–water partition coefficient (Wildman–Crippen LogP) is 5.53. The van der Waals surface area contributed by atoms with E-state index in [-0.39, 0.29) is 5.91 Å². The Labute approximate surface area is 218 Å². The number of benzene rings is 2. The lowest BCUT2D eigenvalue weighted by Crippen LogP contribution is -2.44. The molecule has 5 rings (SSSR count). The zero-order valence-electron chi connectivity index (χ0n) is 20.8. The topological polar surface area (TPSA) is 57.7 Å². The maximum Gasteiger partial charge on any atom is 0.248 e. The summed E-state index contributed by atoms with van der Waals surface area (Å²) in [7, 11) is 0. The lowest BCUT2D eigenvalue weighted by molar-refractivity contribution is -0.111. The highest BCUT2D eigenvalue weighted by Crippen LogP contribution is 2.28. The highest BCUT2D eigenvalue weighted by Gasteiger charge is 2.27. The minimum Gasteiger partial charge on any atom is -0.483 e. The normalized spacial score (nSPS) is 17.2. The van der Waals surface area contributed by atoms with Gasteiger partial charge >= 0.3 is 0 Å². The molecule has 3 heterocycles. The Morgan fingerprint density at radius 1 is 1.08 bits per heavy atom. The van der Waals surface area contributed by atoms with Gasteiger partial charge in [-0.1, -0.05) is 12.1 Å². The van der Waals surface area contributed by atoms with Gasteiger partial charge in [0, 0.05) is 36.3 Å². The van der Waals surface area contributed by atoms with Gasteiger partial charge in [-0.15, -0.1) is 12.6 Å². The van der Waals surface area contributed by atoms with Gasteiger partial charge in [0.1, 0.15) is 17.5 Å². The monoisotopic (exact) mass is 502 g/mol. The van der Waals surface area contributed by atoms with Crippen molar-refractivity contribution in [1.29, 1.82) is 0 Å². The molecular formula is C29H34N4O2S. The number of pyridine rings is 1. The standard InChI is InChI=1S/C29H34N4O2S/c1-21-18-28(33-16-12-24(13-17-33)32-14-2-3-15-32)31-27-10-7-23(19-26(21)27)30-29(34)11-6-22-4-8-25(9-5-22)35-20-36/h4-11,18-19,24,36H,2-3,12-17,20H2,1H3,(H,30,34). The molecule has 188 valence electrons. The first-order valence-electron chi connectivity index (χ1n) is 12.8. The van der Waals surface area contributed by atoms with Crippen LogP contribution >= 0.6 is 12.6 Å². The minimum atomic E-state index is -0.173. The number of fused-ring (bicyclic) bond motifs is 1. The Kier molecular flexibility index (Phi) is 7.78. The molecule has 0 spiro atoms. The van der Waals surface area contributed by atoms with Crippen molar-refractivity contribution < 1.29 is 9.53 Å². The molecule has 6 nitrogen and oxygen atoms in total. The molecule has 0 radical (unpaired) electrons. The summed E-state index contributed by atoms with van der Waals surface area (Å²) < 4.78 is 5.33. The number of hydrogen-bond acceptors (Lipinski definition) is 6. The largest absolute Gasteiger partial charge is 0.483 e. The number of hydrogen-bond donors (Lipinski definition) is 2. The third kappa shape index (κ3) is 5.85. The Balaban J connectivity index is 1.22. The number of likely N-dealkylation sites (tertiary alicyclic amines) is 1. The average Bonchev–Trinajstić information content (AvgIpc) is 3.44. The van der Waals surface area contributed by atoms with Crippen LogP contribution in [0.1, 0.15) is 36.8 Å². The molecule has 1 N–H and O–H groups in total. The van der Waals surface area contributed by atoms with Crippen LogP contribution in [0.4, 0.5) is 11.5 Å². The first-order chi connectivity index (χ1) is 17.6. The fourth-order valence-corrected chi connectivity index (χ4v) is 5.44. The third-order valence-corrected chi connectivity index (χ3v) is 7.38. The number of carbonyl (C=O) groups excluding carboxylic acids is 1. The summed E-state index contributed by atoms with van der Waals surface area (Å²) in [5.41, 5.74) is 3.82. The Bertz CT molecular complexity index is 1230. The van der Waals surface area contributed by atoms with Crippen LogP contribution in [0.5, 0.6) is 5.75 Å². The van der Waals surface area contributed by atoms with Gasteiger partial charge in [0.15, 0.2) is 0 Å². The van der Waals surface area contributed by atoms with Crippen LogP contribution in [-0.4, -0.2) is 54.0 Å². The van der Waals surface area contributed by atoms with Crippen LogP contribution in [0.2, 0.25) is 0 Å². The van der Waals surface area contributed by atoms with Crippen molar-refractivity contribution in [3.63, 3.8) is 0 Å². The fraction of sp³-hybridized carbons (Fsp3) is 0.379. The van der Waals surface area contributed by atoms with Gasteiger partial charge in [0.2, 0.25) is 5.91 Å². The van der Waals surface area contributed by atoms with E-state index in [4.69, 9.17) is 9.72 Å². The van der Waals surface area contributed by atoms with Gasteiger partial charge in [0.05, 0.1) is 5.52 Å². The third-order valence-electron chi connectivity index (χ3n) is 7.25. The number of rotatable bonds is 7. The second-order valence-electron chi connectivity index (χ2n) is 9.66. The van der Waals surface area contributed by atoms with Crippen molar-refractivity contribution in [3.05, 3.63) is 65.7 Å². The van der Waals surface area contributed by atoms with E-state index in [2.05, 4.69) is 40.7 Å². The highest BCUT2D eigenvalue weighted by atomic mass is 32.1.